The molecule has 0 N–H and O–H groups in total. The van der Waals surface area contributed by atoms with Gasteiger partial charge in [0.15, 0.2) is 11.6 Å². The summed E-state index contributed by atoms with van der Waals surface area (Å²) in [6.07, 6.45) is 22.3. The molecule has 3 rings (SSSR count). The average Bonchev–Trinajstić information content (AvgIpc) is 2.84. The molecule has 1 aromatic heterocycles. The van der Waals surface area contributed by atoms with Gasteiger partial charge >= 0.3 is 0 Å². The number of nitrogens with zero attached hydrogens (tertiary/aromatic N) is 2. The van der Waals surface area contributed by atoms with E-state index in [1.807, 2.05) is 12.4 Å². The molecule has 0 bridgehead atoms. The van der Waals surface area contributed by atoms with Gasteiger partial charge in [-0.15, -0.1) is 0 Å². The first-order valence-electron chi connectivity index (χ1n) is 13.7. The van der Waals surface area contributed by atoms with Crippen molar-refractivity contribution < 1.29 is 4.74 Å². The maximum atomic E-state index is 5.83. The molecule has 3 nitrogen and oxygen atoms in total. The summed E-state index contributed by atoms with van der Waals surface area (Å²) in [4.78, 5) is 9.13. The predicted octanol–water partition coefficient (Wildman–Crippen LogP) is 8.73. The maximum Gasteiger partial charge on any atom is 0.159 e. The van der Waals surface area contributed by atoms with Crippen molar-refractivity contribution in [3.8, 4) is 17.1 Å². The quantitative estimate of drug-likeness (QED) is 0.270. The number of rotatable bonds is 14. The zero-order chi connectivity index (χ0) is 23.3. The van der Waals surface area contributed by atoms with Crippen molar-refractivity contribution in [1.82, 2.24) is 9.97 Å². The van der Waals surface area contributed by atoms with E-state index in [0.29, 0.717) is 0 Å². The van der Waals surface area contributed by atoms with E-state index in [0.717, 1.165) is 42.0 Å². The van der Waals surface area contributed by atoms with E-state index in [-0.39, 0.29) is 0 Å². The van der Waals surface area contributed by atoms with Gasteiger partial charge in [0.2, 0.25) is 0 Å². The van der Waals surface area contributed by atoms with Crippen LogP contribution in [0.5, 0.6) is 5.75 Å². The molecule has 1 aliphatic carbocycles. The van der Waals surface area contributed by atoms with Gasteiger partial charge in [-0.1, -0.05) is 96.6 Å². The van der Waals surface area contributed by atoms with Gasteiger partial charge < -0.3 is 4.74 Å². The lowest BCUT2D eigenvalue weighted by Crippen LogP contribution is -2.15. The summed E-state index contributed by atoms with van der Waals surface area (Å²) in [5.41, 5.74) is 3.94. The van der Waals surface area contributed by atoms with Gasteiger partial charge in [0.25, 0.3) is 0 Å². The zero-order valence-electron chi connectivity index (χ0n) is 21.5. The second-order valence-electron chi connectivity index (χ2n) is 10.2. The molecule has 0 unspecified atom stereocenters. The van der Waals surface area contributed by atoms with Crippen molar-refractivity contribution in [3.63, 3.8) is 0 Å². The molecule has 33 heavy (non-hydrogen) atoms. The third kappa shape index (κ3) is 8.76. The Morgan fingerprint density at radius 2 is 1.48 bits per heavy atom. The number of hydrogen-bond donors (Lipinski definition) is 0. The molecule has 182 valence electrons. The number of hydrogen-bond acceptors (Lipinski definition) is 3. The van der Waals surface area contributed by atoms with Crippen LogP contribution in [0, 0.1) is 18.8 Å². The predicted molar refractivity (Wildman–Crippen MR) is 140 cm³/mol. The number of ether oxygens (including phenoxy) is 1. The van der Waals surface area contributed by atoms with Crippen LogP contribution in [0.2, 0.25) is 0 Å². The molecule has 1 aliphatic rings. The largest absolute Gasteiger partial charge is 0.490 e. The fourth-order valence-electron chi connectivity index (χ4n) is 5.30. The highest BCUT2D eigenvalue weighted by Gasteiger charge is 2.20. The third-order valence-corrected chi connectivity index (χ3v) is 7.48. The van der Waals surface area contributed by atoms with Crippen molar-refractivity contribution in [2.45, 2.75) is 111 Å². The molecule has 0 aliphatic heterocycles. The topological polar surface area (TPSA) is 35.0 Å². The summed E-state index contributed by atoms with van der Waals surface area (Å²) in [6, 6.07) is 6.73. The Bertz CT molecular complexity index is 793. The van der Waals surface area contributed by atoms with Crippen molar-refractivity contribution in [2.24, 2.45) is 11.8 Å². The highest BCUT2D eigenvalue weighted by molar-refractivity contribution is 5.57. The van der Waals surface area contributed by atoms with Crippen molar-refractivity contribution in [3.05, 3.63) is 41.7 Å². The molecule has 0 amide bonds. The molecule has 0 atom stereocenters. The minimum absolute atomic E-state index is 0.753. The standard InChI is InChI=1S/C30H46N2O/c1-4-6-7-8-9-10-20-33-29-22-31-30(32-23-29)28-19-18-27(24(3)21-28)17-16-26-14-12-25(11-5-2)13-15-26/h18-19,21-23,25-26H,4-17,20H2,1-3H3/t25-,26-. The molecule has 1 aromatic carbocycles. The lowest BCUT2D eigenvalue weighted by atomic mass is 9.78. The summed E-state index contributed by atoms with van der Waals surface area (Å²) in [6.45, 7) is 7.56. The number of aryl methyl sites for hydroxylation is 2. The van der Waals surface area contributed by atoms with Crippen molar-refractivity contribution >= 4 is 0 Å². The Hall–Kier alpha value is -1.90. The Balaban J connectivity index is 1.42. The normalized spacial score (nSPS) is 18.4. The van der Waals surface area contributed by atoms with Crippen LogP contribution in [0.1, 0.15) is 108 Å². The van der Waals surface area contributed by atoms with Gasteiger partial charge in [0.1, 0.15) is 0 Å². The second-order valence-corrected chi connectivity index (χ2v) is 10.2. The van der Waals surface area contributed by atoms with Crippen LogP contribution in [0.15, 0.2) is 30.6 Å². The van der Waals surface area contributed by atoms with E-state index in [1.54, 1.807) is 0 Å². The van der Waals surface area contributed by atoms with Crippen LogP contribution >= 0.6 is 0 Å². The smallest absolute Gasteiger partial charge is 0.159 e. The van der Waals surface area contributed by atoms with Gasteiger partial charge in [-0.05, 0) is 55.2 Å². The Morgan fingerprint density at radius 3 is 2.15 bits per heavy atom. The average molecular weight is 451 g/mol. The van der Waals surface area contributed by atoms with Gasteiger partial charge in [0.05, 0.1) is 19.0 Å². The van der Waals surface area contributed by atoms with Gasteiger partial charge in [-0.2, -0.15) is 0 Å². The Kier molecular flexibility index (Phi) is 11.2. The molecule has 3 heteroatoms. The lowest BCUT2D eigenvalue weighted by Gasteiger charge is -2.28. The summed E-state index contributed by atoms with van der Waals surface area (Å²) >= 11 is 0. The molecular weight excluding hydrogens is 404 g/mol. The molecule has 1 saturated carbocycles. The number of unbranched alkanes of at least 4 members (excludes halogenated alkanes) is 5. The molecule has 0 radical (unpaired) electrons. The minimum atomic E-state index is 0.753. The van der Waals surface area contributed by atoms with E-state index in [9.17, 15) is 0 Å². The number of benzene rings is 1. The summed E-state index contributed by atoms with van der Waals surface area (Å²) < 4.78 is 5.83. The Labute approximate surface area is 202 Å². The van der Waals surface area contributed by atoms with E-state index in [1.165, 1.54) is 94.6 Å². The fraction of sp³-hybridized carbons (Fsp3) is 0.667. The van der Waals surface area contributed by atoms with Gasteiger partial charge in [-0.25, -0.2) is 9.97 Å². The fourth-order valence-corrected chi connectivity index (χ4v) is 5.30. The van der Waals surface area contributed by atoms with Crippen LogP contribution in [0.4, 0.5) is 0 Å². The van der Waals surface area contributed by atoms with Crippen LogP contribution in [-0.4, -0.2) is 16.6 Å². The van der Waals surface area contributed by atoms with Crippen molar-refractivity contribution in [2.75, 3.05) is 6.61 Å². The van der Waals surface area contributed by atoms with Crippen LogP contribution in [0.3, 0.4) is 0 Å². The van der Waals surface area contributed by atoms with Crippen LogP contribution in [-0.2, 0) is 6.42 Å². The van der Waals surface area contributed by atoms with Crippen LogP contribution < -0.4 is 4.74 Å². The van der Waals surface area contributed by atoms with E-state index < -0.39 is 0 Å². The highest BCUT2D eigenvalue weighted by atomic mass is 16.5. The molecule has 2 aromatic rings. The van der Waals surface area contributed by atoms with E-state index in [4.69, 9.17) is 4.74 Å². The summed E-state index contributed by atoms with van der Waals surface area (Å²) in [5, 5.41) is 0. The molecule has 1 heterocycles. The molecular formula is C30H46N2O. The zero-order valence-corrected chi connectivity index (χ0v) is 21.5. The summed E-state index contributed by atoms with van der Waals surface area (Å²) in [7, 11) is 0. The van der Waals surface area contributed by atoms with Crippen molar-refractivity contribution in [1.29, 1.82) is 0 Å². The Morgan fingerprint density at radius 1 is 0.818 bits per heavy atom. The first-order chi connectivity index (χ1) is 16.2. The highest BCUT2D eigenvalue weighted by Crippen LogP contribution is 2.34. The first kappa shape index (κ1) is 25.7. The van der Waals surface area contributed by atoms with E-state index in [2.05, 4.69) is 48.9 Å². The third-order valence-electron chi connectivity index (χ3n) is 7.48. The maximum absolute atomic E-state index is 5.83. The summed E-state index contributed by atoms with van der Waals surface area (Å²) in [5.74, 6) is 3.48. The monoisotopic (exact) mass is 450 g/mol. The molecule has 0 spiro atoms. The SMILES string of the molecule is CCCCCCCCOc1cnc(-c2ccc(CC[C@H]3CC[C@H](CCC)CC3)c(C)c2)nc1. The van der Waals surface area contributed by atoms with Gasteiger partial charge in [-0.3, -0.25) is 0 Å². The lowest BCUT2D eigenvalue weighted by molar-refractivity contribution is 0.252. The molecule has 1 fully saturated rings. The molecule has 0 saturated heterocycles. The number of aromatic nitrogens is 2. The second kappa shape index (κ2) is 14.4. The van der Waals surface area contributed by atoms with Gasteiger partial charge in [0, 0.05) is 5.56 Å². The first-order valence-corrected chi connectivity index (χ1v) is 13.7. The minimum Gasteiger partial charge on any atom is -0.490 e. The van der Waals surface area contributed by atoms with E-state index >= 15 is 0 Å². The van der Waals surface area contributed by atoms with Crippen LogP contribution in [0.25, 0.3) is 11.4 Å².